The molecule has 1 saturated carbocycles. The predicted octanol–water partition coefficient (Wildman–Crippen LogP) is 4.50. The summed E-state index contributed by atoms with van der Waals surface area (Å²) >= 11 is 5.29. The van der Waals surface area contributed by atoms with Gasteiger partial charge >= 0.3 is 0 Å². The summed E-state index contributed by atoms with van der Waals surface area (Å²) in [6, 6.07) is -0.0270. The molecule has 0 aliphatic heterocycles. The van der Waals surface area contributed by atoms with Gasteiger partial charge in [0.15, 0.2) is 0 Å². The van der Waals surface area contributed by atoms with E-state index in [2.05, 4.69) is 40.5 Å². The van der Waals surface area contributed by atoms with E-state index in [0.717, 1.165) is 23.9 Å². The maximum Gasteiger partial charge on any atom is 0.0877 e. The van der Waals surface area contributed by atoms with Crippen molar-refractivity contribution in [3.63, 3.8) is 0 Å². The second kappa shape index (κ2) is 6.04. The maximum atomic E-state index is 6.55. The molecule has 0 radical (unpaired) electrons. The topological polar surface area (TPSA) is 35.2 Å². The number of hydrogen-bond donors (Lipinski definition) is 1. The highest BCUT2D eigenvalue weighted by Gasteiger charge is 2.42. The molecule has 1 heterocycles. The van der Waals surface area contributed by atoms with Crippen LogP contribution in [0, 0.1) is 5.92 Å². The fraction of sp³-hybridized carbons (Fsp3) is 0.714. The minimum absolute atomic E-state index is 0.0270. The molecule has 4 heteroatoms. The Morgan fingerprint density at radius 3 is 2.94 bits per heavy atom. The van der Waals surface area contributed by atoms with Crippen LogP contribution in [0.2, 0.25) is 0 Å². The van der Waals surface area contributed by atoms with Crippen LogP contribution in [0.15, 0.2) is 15.2 Å². The Balaban J connectivity index is 2.26. The molecule has 0 spiro atoms. The largest absolute Gasteiger partial charge is 0.373 e. The van der Waals surface area contributed by atoms with E-state index in [1.807, 2.05) is 0 Å². The third-order valence-corrected chi connectivity index (χ3v) is 5.72. The minimum Gasteiger partial charge on any atom is -0.373 e. The lowest BCUT2D eigenvalue weighted by atomic mass is 9.73. The lowest BCUT2D eigenvalue weighted by Gasteiger charge is -2.44. The first kappa shape index (κ1) is 14.5. The minimum atomic E-state index is -0.171. The van der Waals surface area contributed by atoms with Crippen molar-refractivity contribution in [2.45, 2.75) is 51.2 Å². The van der Waals surface area contributed by atoms with Crippen molar-refractivity contribution >= 4 is 27.3 Å². The standard InChI is InChI=1S/C14H22BrNOS/c1-3-17-14(6-4-5-10(2)7-14)13(16)11-8-18-9-12(11)15/h8-10,13H,3-7,16H2,1-2H3. The summed E-state index contributed by atoms with van der Waals surface area (Å²) in [5.41, 5.74) is 7.58. The van der Waals surface area contributed by atoms with Gasteiger partial charge in [-0.1, -0.05) is 19.8 Å². The zero-order chi connectivity index (χ0) is 13.2. The van der Waals surface area contributed by atoms with Gasteiger partial charge in [0.05, 0.1) is 11.6 Å². The number of hydrogen-bond acceptors (Lipinski definition) is 3. The van der Waals surface area contributed by atoms with Gasteiger partial charge < -0.3 is 10.5 Å². The Morgan fingerprint density at radius 2 is 2.39 bits per heavy atom. The van der Waals surface area contributed by atoms with Crippen molar-refractivity contribution in [3.8, 4) is 0 Å². The molecule has 1 aromatic heterocycles. The van der Waals surface area contributed by atoms with E-state index in [4.69, 9.17) is 10.5 Å². The monoisotopic (exact) mass is 331 g/mol. The molecule has 0 amide bonds. The molecule has 2 rings (SSSR count). The van der Waals surface area contributed by atoms with Crippen molar-refractivity contribution in [1.29, 1.82) is 0 Å². The molecule has 0 bridgehead atoms. The smallest absolute Gasteiger partial charge is 0.0877 e. The van der Waals surface area contributed by atoms with Crippen LogP contribution in [0.3, 0.4) is 0 Å². The van der Waals surface area contributed by atoms with Gasteiger partial charge in [0.1, 0.15) is 0 Å². The van der Waals surface area contributed by atoms with Gasteiger partial charge in [-0.05, 0) is 52.6 Å². The van der Waals surface area contributed by atoms with Crippen LogP contribution in [0.25, 0.3) is 0 Å². The molecule has 102 valence electrons. The molecular weight excluding hydrogens is 310 g/mol. The predicted molar refractivity (Wildman–Crippen MR) is 80.9 cm³/mol. The van der Waals surface area contributed by atoms with E-state index in [9.17, 15) is 0 Å². The molecule has 1 aromatic rings. The summed E-state index contributed by atoms with van der Waals surface area (Å²) in [6.07, 6.45) is 4.67. The Kier molecular flexibility index (Phi) is 4.86. The van der Waals surface area contributed by atoms with Gasteiger partial charge in [-0.25, -0.2) is 0 Å². The number of nitrogens with two attached hydrogens (primary N) is 1. The molecule has 1 fully saturated rings. The molecule has 18 heavy (non-hydrogen) atoms. The summed E-state index contributed by atoms with van der Waals surface area (Å²) in [6.45, 7) is 5.11. The lowest BCUT2D eigenvalue weighted by molar-refractivity contribution is -0.0939. The van der Waals surface area contributed by atoms with Crippen LogP contribution in [0.4, 0.5) is 0 Å². The van der Waals surface area contributed by atoms with E-state index in [1.54, 1.807) is 11.3 Å². The Hall–Kier alpha value is 0.100. The molecular formula is C14H22BrNOS. The van der Waals surface area contributed by atoms with Gasteiger partial charge in [0.25, 0.3) is 0 Å². The van der Waals surface area contributed by atoms with Crippen molar-refractivity contribution in [2.24, 2.45) is 11.7 Å². The Labute approximate surface area is 122 Å². The SMILES string of the molecule is CCOC1(C(N)c2cscc2Br)CCCC(C)C1. The average Bonchev–Trinajstić information content (AvgIpc) is 2.75. The van der Waals surface area contributed by atoms with E-state index in [-0.39, 0.29) is 11.6 Å². The zero-order valence-electron chi connectivity index (χ0n) is 11.1. The first-order chi connectivity index (χ1) is 8.59. The quantitative estimate of drug-likeness (QED) is 0.881. The Morgan fingerprint density at radius 1 is 1.61 bits per heavy atom. The average molecular weight is 332 g/mol. The fourth-order valence-electron chi connectivity index (χ4n) is 3.13. The molecule has 0 aromatic carbocycles. The zero-order valence-corrected chi connectivity index (χ0v) is 13.5. The van der Waals surface area contributed by atoms with Crippen LogP contribution >= 0.6 is 27.3 Å². The van der Waals surface area contributed by atoms with Gasteiger partial charge in [-0.2, -0.15) is 11.3 Å². The summed E-state index contributed by atoms with van der Waals surface area (Å²) < 4.78 is 7.26. The molecule has 2 nitrogen and oxygen atoms in total. The summed E-state index contributed by atoms with van der Waals surface area (Å²) in [5.74, 6) is 0.703. The van der Waals surface area contributed by atoms with E-state index in [0.29, 0.717) is 5.92 Å². The van der Waals surface area contributed by atoms with Gasteiger partial charge in [0.2, 0.25) is 0 Å². The van der Waals surface area contributed by atoms with Gasteiger partial charge in [-0.3, -0.25) is 0 Å². The Bertz CT molecular complexity index is 391. The van der Waals surface area contributed by atoms with Crippen LogP contribution in [0.1, 0.15) is 51.1 Å². The molecule has 2 N–H and O–H groups in total. The van der Waals surface area contributed by atoms with Crippen molar-refractivity contribution in [2.75, 3.05) is 6.61 Å². The summed E-state index contributed by atoms with van der Waals surface area (Å²) in [5, 5.41) is 4.25. The first-order valence-corrected chi connectivity index (χ1v) is 8.44. The first-order valence-electron chi connectivity index (χ1n) is 6.70. The van der Waals surface area contributed by atoms with Crippen LogP contribution < -0.4 is 5.73 Å². The lowest BCUT2D eigenvalue weighted by Crippen LogP contribution is -2.47. The number of halogens is 1. The van der Waals surface area contributed by atoms with Crippen molar-refractivity contribution in [3.05, 3.63) is 20.8 Å². The summed E-state index contributed by atoms with van der Waals surface area (Å²) in [4.78, 5) is 0. The molecule has 0 saturated heterocycles. The number of thiophene rings is 1. The molecule has 1 aliphatic rings. The molecule has 3 atom stereocenters. The van der Waals surface area contributed by atoms with E-state index in [1.165, 1.54) is 18.4 Å². The second-order valence-electron chi connectivity index (χ2n) is 5.35. The van der Waals surface area contributed by atoms with E-state index >= 15 is 0 Å². The van der Waals surface area contributed by atoms with Gasteiger partial charge in [0, 0.05) is 16.5 Å². The van der Waals surface area contributed by atoms with Gasteiger partial charge in [-0.15, -0.1) is 0 Å². The molecule has 3 unspecified atom stereocenters. The second-order valence-corrected chi connectivity index (χ2v) is 6.95. The summed E-state index contributed by atoms with van der Waals surface area (Å²) in [7, 11) is 0. The highest BCUT2D eigenvalue weighted by atomic mass is 79.9. The molecule has 1 aliphatic carbocycles. The van der Waals surface area contributed by atoms with Crippen LogP contribution in [-0.2, 0) is 4.74 Å². The van der Waals surface area contributed by atoms with E-state index < -0.39 is 0 Å². The van der Waals surface area contributed by atoms with Crippen LogP contribution in [0.5, 0.6) is 0 Å². The maximum absolute atomic E-state index is 6.55. The van der Waals surface area contributed by atoms with Crippen molar-refractivity contribution < 1.29 is 4.74 Å². The third kappa shape index (κ3) is 2.82. The highest BCUT2D eigenvalue weighted by molar-refractivity contribution is 9.10. The highest BCUT2D eigenvalue weighted by Crippen LogP contribution is 2.44. The number of rotatable bonds is 4. The normalized spacial score (nSPS) is 30.3. The third-order valence-electron chi connectivity index (χ3n) is 3.97. The van der Waals surface area contributed by atoms with Crippen molar-refractivity contribution in [1.82, 2.24) is 0 Å². The van der Waals surface area contributed by atoms with Crippen LogP contribution in [-0.4, -0.2) is 12.2 Å². The number of ether oxygens (including phenoxy) is 1. The fourth-order valence-corrected chi connectivity index (χ4v) is 4.71.